The van der Waals surface area contributed by atoms with Crippen LogP contribution in [0.1, 0.15) is 18.2 Å². The summed E-state index contributed by atoms with van der Waals surface area (Å²) in [5.74, 6) is 0. The maximum atomic E-state index is 4.35. The lowest BCUT2D eigenvalue weighted by Crippen LogP contribution is -2.05. The van der Waals surface area contributed by atoms with Crippen molar-refractivity contribution in [1.29, 1.82) is 0 Å². The fraction of sp³-hybridized carbons (Fsp3) is 0.400. The number of hydrogen-bond acceptors (Lipinski definition) is 4. The molecular weight excluding hydrogens is 194 g/mol. The van der Waals surface area contributed by atoms with Crippen molar-refractivity contribution < 1.29 is 0 Å². The highest BCUT2D eigenvalue weighted by Crippen LogP contribution is 2.09. The number of rotatable bonds is 3. The molecule has 3 nitrogen and oxygen atoms in total. The molecule has 0 amide bonds. The predicted molar refractivity (Wildman–Crippen MR) is 62.7 cm³/mol. The molecule has 0 unspecified atom stereocenters. The zero-order chi connectivity index (χ0) is 10.4. The molecule has 0 aromatic carbocycles. The van der Waals surface area contributed by atoms with Crippen LogP contribution in [0.15, 0.2) is 23.4 Å². The Morgan fingerprint density at radius 2 is 2.36 bits per heavy atom. The number of nitrogens with one attached hydrogen (secondary N) is 1. The van der Waals surface area contributed by atoms with Crippen LogP contribution in [0.25, 0.3) is 0 Å². The van der Waals surface area contributed by atoms with E-state index in [9.17, 15) is 0 Å². The zero-order valence-electron chi connectivity index (χ0n) is 8.74. The molecule has 14 heavy (non-hydrogen) atoms. The Kier molecular flexibility index (Phi) is 4.46. The van der Waals surface area contributed by atoms with Gasteiger partial charge in [-0.05, 0) is 24.3 Å². The molecule has 1 aromatic heterocycles. The first kappa shape index (κ1) is 11.0. The summed E-state index contributed by atoms with van der Waals surface area (Å²) >= 11 is 1.59. The summed E-state index contributed by atoms with van der Waals surface area (Å²) in [7, 11) is 1.79. The minimum Gasteiger partial charge on any atom is -0.312 e. The van der Waals surface area contributed by atoms with Crippen LogP contribution in [0.2, 0.25) is 0 Å². The Morgan fingerprint density at radius 3 is 2.79 bits per heavy atom. The highest BCUT2D eigenvalue weighted by molar-refractivity contribution is 8.13. The summed E-state index contributed by atoms with van der Waals surface area (Å²) in [4.78, 5) is 4.35. The Hall–Kier alpha value is -1.03. The molecule has 0 aliphatic heterocycles. The first-order valence-electron chi connectivity index (χ1n) is 4.55. The van der Waals surface area contributed by atoms with Crippen molar-refractivity contribution in [3.05, 3.63) is 29.6 Å². The molecule has 1 N–H and O–H groups in total. The molecule has 1 aromatic rings. The van der Waals surface area contributed by atoms with Gasteiger partial charge in [-0.15, -0.1) is 11.8 Å². The monoisotopic (exact) mass is 209 g/mol. The molecule has 0 saturated heterocycles. The molecule has 1 heterocycles. The van der Waals surface area contributed by atoms with E-state index in [4.69, 9.17) is 0 Å². The van der Waals surface area contributed by atoms with Gasteiger partial charge in [-0.2, -0.15) is 5.10 Å². The number of thioether (sulfide) groups is 1. The van der Waals surface area contributed by atoms with Crippen LogP contribution in [0.5, 0.6) is 0 Å². The number of pyridine rings is 1. The van der Waals surface area contributed by atoms with Gasteiger partial charge in [0.05, 0.1) is 5.69 Å². The second-order valence-electron chi connectivity index (χ2n) is 2.75. The highest BCUT2D eigenvalue weighted by atomic mass is 32.2. The van der Waals surface area contributed by atoms with Gasteiger partial charge in [-0.25, -0.2) is 0 Å². The van der Waals surface area contributed by atoms with E-state index in [-0.39, 0.29) is 0 Å². The largest absolute Gasteiger partial charge is 0.312 e. The highest BCUT2D eigenvalue weighted by Gasteiger charge is 2.02. The van der Waals surface area contributed by atoms with E-state index in [0.29, 0.717) is 0 Å². The Labute approximate surface area is 89.0 Å². The molecule has 4 heteroatoms. The Bertz CT molecular complexity index is 306. The summed E-state index contributed by atoms with van der Waals surface area (Å²) < 4.78 is 0. The molecule has 0 aliphatic rings. The van der Waals surface area contributed by atoms with Gasteiger partial charge in [0.1, 0.15) is 5.04 Å². The predicted octanol–water partition coefficient (Wildman–Crippen LogP) is 1.89. The van der Waals surface area contributed by atoms with E-state index in [1.54, 1.807) is 18.8 Å². The number of aromatic nitrogens is 1. The van der Waals surface area contributed by atoms with Gasteiger partial charge in [0, 0.05) is 13.2 Å². The van der Waals surface area contributed by atoms with Crippen molar-refractivity contribution in [2.75, 3.05) is 13.3 Å². The lowest BCUT2D eigenvalue weighted by Gasteiger charge is -2.02. The average molecular weight is 209 g/mol. The van der Waals surface area contributed by atoms with Crippen LogP contribution in [0, 0.1) is 0 Å². The Balaban J connectivity index is 2.89. The smallest absolute Gasteiger partial charge is 0.141 e. The summed E-state index contributed by atoms with van der Waals surface area (Å²) in [6, 6.07) is 4.09. The van der Waals surface area contributed by atoms with Crippen LogP contribution < -0.4 is 5.43 Å². The quantitative estimate of drug-likeness (QED) is 0.469. The molecule has 0 saturated carbocycles. The lowest BCUT2D eigenvalue weighted by molar-refractivity contribution is 0.904. The second-order valence-corrected chi connectivity index (χ2v) is 3.54. The van der Waals surface area contributed by atoms with Crippen molar-refractivity contribution in [2.24, 2.45) is 5.10 Å². The molecule has 0 radical (unpaired) electrons. The maximum absolute atomic E-state index is 4.35. The third-order valence-corrected chi connectivity index (χ3v) is 2.55. The average Bonchev–Trinajstić information content (AvgIpc) is 2.26. The summed E-state index contributed by atoms with van der Waals surface area (Å²) in [6.45, 7) is 2.12. The van der Waals surface area contributed by atoms with Crippen LogP contribution >= 0.6 is 11.8 Å². The van der Waals surface area contributed by atoms with Crippen LogP contribution in [0.4, 0.5) is 0 Å². The van der Waals surface area contributed by atoms with Crippen LogP contribution in [-0.4, -0.2) is 23.3 Å². The number of aryl methyl sites for hydroxylation is 1. The third-order valence-electron chi connectivity index (χ3n) is 1.86. The first-order valence-corrected chi connectivity index (χ1v) is 5.78. The molecule has 0 atom stereocenters. The third kappa shape index (κ3) is 2.73. The van der Waals surface area contributed by atoms with Gasteiger partial charge in [-0.1, -0.05) is 13.0 Å². The molecule has 0 aliphatic carbocycles. The maximum Gasteiger partial charge on any atom is 0.141 e. The molecule has 0 fully saturated rings. The minimum absolute atomic E-state index is 0.912. The standard InChI is InChI=1S/C10H15N3S/c1-4-8-5-6-9(12-7-8)10(14-3)13-11-2/h5-7,11H,4H2,1-3H3/b13-10-. The van der Waals surface area contributed by atoms with Crippen LogP contribution in [0.3, 0.4) is 0 Å². The SMILES string of the molecule is CCc1ccc(/C(=N/NC)SC)nc1. The van der Waals surface area contributed by atoms with E-state index in [1.165, 1.54) is 5.56 Å². The summed E-state index contributed by atoms with van der Waals surface area (Å²) in [5, 5.41) is 5.05. The van der Waals surface area contributed by atoms with Crippen molar-refractivity contribution in [2.45, 2.75) is 13.3 Å². The van der Waals surface area contributed by atoms with Crippen molar-refractivity contribution in [1.82, 2.24) is 10.4 Å². The van der Waals surface area contributed by atoms with Crippen LogP contribution in [-0.2, 0) is 6.42 Å². The zero-order valence-corrected chi connectivity index (χ0v) is 9.56. The fourth-order valence-corrected chi connectivity index (χ4v) is 1.58. The molecule has 0 spiro atoms. The number of hydrogen-bond donors (Lipinski definition) is 1. The van der Waals surface area contributed by atoms with E-state index < -0.39 is 0 Å². The van der Waals surface area contributed by atoms with Crippen molar-refractivity contribution in [3.8, 4) is 0 Å². The fourth-order valence-electron chi connectivity index (χ4n) is 1.07. The summed E-state index contributed by atoms with van der Waals surface area (Å²) in [5.41, 5.74) is 4.94. The van der Waals surface area contributed by atoms with E-state index in [1.807, 2.05) is 18.5 Å². The van der Waals surface area contributed by atoms with Gasteiger partial charge in [-0.3, -0.25) is 4.98 Å². The van der Waals surface area contributed by atoms with Gasteiger partial charge in [0.15, 0.2) is 0 Å². The molecule has 1 rings (SSSR count). The second kappa shape index (κ2) is 5.65. The van der Waals surface area contributed by atoms with Gasteiger partial charge < -0.3 is 5.43 Å². The number of hydrazone groups is 1. The molecule has 76 valence electrons. The van der Waals surface area contributed by atoms with Gasteiger partial charge in [0.25, 0.3) is 0 Å². The topological polar surface area (TPSA) is 37.3 Å². The van der Waals surface area contributed by atoms with Gasteiger partial charge in [0.2, 0.25) is 0 Å². The minimum atomic E-state index is 0.912. The Morgan fingerprint density at radius 1 is 1.57 bits per heavy atom. The normalized spacial score (nSPS) is 11.5. The van der Waals surface area contributed by atoms with Crippen molar-refractivity contribution >= 4 is 16.8 Å². The van der Waals surface area contributed by atoms with E-state index >= 15 is 0 Å². The van der Waals surface area contributed by atoms with Gasteiger partial charge >= 0.3 is 0 Å². The first-order chi connectivity index (χ1) is 6.81. The lowest BCUT2D eigenvalue weighted by atomic mass is 10.2. The van der Waals surface area contributed by atoms with E-state index in [2.05, 4.69) is 28.5 Å². The van der Waals surface area contributed by atoms with E-state index in [0.717, 1.165) is 17.2 Å². The number of nitrogens with zero attached hydrogens (tertiary/aromatic N) is 2. The summed E-state index contributed by atoms with van der Waals surface area (Å²) in [6.07, 6.45) is 4.91. The molecular formula is C10H15N3S. The molecule has 0 bridgehead atoms. The van der Waals surface area contributed by atoms with Crippen molar-refractivity contribution in [3.63, 3.8) is 0 Å².